The van der Waals surface area contributed by atoms with Crippen LogP contribution in [-0.2, 0) is 13.0 Å². The molecule has 0 radical (unpaired) electrons. The summed E-state index contributed by atoms with van der Waals surface area (Å²) in [5, 5.41) is 8.75. The molecule has 0 fully saturated rings. The number of nitrogens with two attached hydrogens (primary N) is 1. The van der Waals surface area contributed by atoms with Crippen LogP contribution < -0.4 is 10.5 Å². The Bertz CT molecular complexity index is 680. The van der Waals surface area contributed by atoms with Crippen LogP contribution in [0.2, 0.25) is 0 Å². The number of benzene rings is 2. The van der Waals surface area contributed by atoms with Crippen LogP contribution in [0.5, 0.6) is 5.75 Å². The van der Waals surface area contributed by atoms with Crippen molar-refractivity contribution in [3.8, 4) is 11.8 Å². The molecule has 2 aromatic rings. The molecule has 0 spiro atoms. The molecule has 21 heavy (non-hydrogen) atoms. The average molecular weight is 288 g/mol. The van der Waals surface area contributed by atoms with Crippen molar-refractivity contribution in [3.63, 3.8) is 0 Å². The van der Waals surface area contributed by atoms with Crippen LogP contribution in [0.3, 0.4) is 0 Å². The van der Waals surface area contributed by atoms with Crippen molar-refractivity contribution in [2.24, 2.45) is 5.73 Å². The number of rotatable bonds is 5. The highest BCUT2D eigenvalue weighted by atomic mass is 19.1. The van der Waals surface area contributed by atoms with E-state index in [-0.39, 0.29) is 23.5 Å². The van der Waals surface area contributed by atoms with Gasteiger partial charge in [0.2, 0.25) is 0 Å². The topological polar surface area (TPSA) is 59.0 Å². The number of halogens is 2. The van der Waals surface area contributed by atoms with Crippen LogP contribution in [0.15, 0.2) is 36.4 Å². The SMILES string of the molecule is N#Cc1cccc(COc2ccc(CCN)cc2F)c1F. The molecule has 108 valence electrons. The Morgan fingerprint density at radius 3 is 2.67 bits per heavy atom. The maximum absolute atomic E-state index is 13.8. The molecular weight excluding hydrogens is 274 g/mol. The van der Waals surface area contributed by atoms with Crippen LogP contribution in [0.1, 0.15) is 16.7 Å². The van der Waals surface area contributed by atoms with E-state index in [1.54, 1.807) is 18.2 Å². The van der Waals surface area contributed by atoms with Crippen molar-refractivity contribution in [1.82, 2.24) is 0 Å². The first-order valence-electron chi connectivity index (χ1n) is 6.44. The summed E-state index contributed by atoms with van der Waals surface area (Å²) in [6, 6.07) is 10.7. The van der Waals surface area contributed by atoms with Crippen molar-refractivity contribution >= 4 is 0 Å². The van der Waals surface area contributed by atoms with Crippen LogP contribution in [0.4, 0.5) is 8.78 Å². The zero-order valence-electron chi connectivity index (χ0n) is 11.3. The zero-order chi connectivity index (χ0) is 15.2. The first-order chi connectivity index (χ1) is 10.2. The molecule has 3 nitrogen and oxygen atoms in total. The van der Waals surface area contributed by atoms with E-state index in [4.69, 9.17) is 15.7 Å². The van der Waals surface area contributed by atoms with Crippen molar-refractivity contribution in [2.45, 2.75) is 13.0 Å². The number of nitriles is 1. The molecule has 0 aliphatic rings. The lowest BCUT2D eigenvalue weighted by Crippen LogP contribution is -2.04. The minimum Gasteiger partial charge on any atom is -0.486 e. The van der Waals surface area contributed by atoms with E-state index in [0.29, 0.717) is 13.0 Å². The molecule has 0 unspecified atom stereocenters. The maximum Gasteiger partial charge on any atom is 0.165 e. The van der Waals surface area contributed by atoms with E-state index in [9.17, 15) is 8.78 Å². The molecular formula is C16H14F2N2O. The van der Waals surface area contributed by atoms with E-state index in [0.717, 1.165) is 5.56 Å². The average Bonchev–Trinajstić information content (AvgIpc) is 2.48. The van der Waals surface area contributed by atoms with E-state index in [2.05, 4.69) is 0 Å². The number of hydrogen-bond acceptors (Lipinski definition) is 3. The van der Waals surface area contributed by atoms with Crippen molar-refractivity contribution in [1.29, 1.82) is 5.26 Å². The molecule has 5 heteroatoms. The van der Waals surface area contributed by atoms with Gasteiger partial charge in [0, 0.05) is 5.56 Å². The molecule has 0 bridgehead atoms. The van der Waals surface area contributed by atoms with Crippen LogP contribution >= 0.6 is 0 Å². The third-order valence-corrected chi connectivity index (χ3v) is 3.01. The Labute approximate surface area is 121 Å². The summed E-state index contributed by atoms with van der Waals surface area (Å²) in [5.74, 6) is -1.12. The van der Waals surface area contributed by atoms with Gasteiger partial charge in [-0.1, -0.05) is 18.2 Å². The van der Waals surface area contributed by atoms with Crippen LogP contribution in [-0.4, -0.2) is 6.54 Å². The maximum atomic E-state index is 13.8. The second-order valence-electron chi connectivity index (χ2n) is 4.48. The predicted molar refractivity (Wildman–Crippen MR) is 74.6 cm³/mol. The van der Waals surface area contributed by atoms with Gasteiger partial charge in [-0.25, -0.2) is 8.78 Å². The van der Waals surface area contributed by atoms with Crippen molar-refractivity contribution in [3.05, 3.63) is 64.7 Å². The number of ether oxygens (including phenoxy) is 1. The number of nitrogens with zero attached hydrogens (tertiary/aromatic N) is 1. The van der Waals surface area contributed by atoms with Crippen LogP contribution in [0.25, 0.3) is 0 Å². The second-order valence-corrected chi connectivity index (χ2v) is 4.48. The van der Waals surface area contributed by atoms with Gasteiger partial charge < -0.3 is 10.5 Å². The molecule has 2 aromatic carbocycles. The van der Waals surface area contributed by atoms with Gasteiger partial charge >= 0.3 is 0 Å². The standard InChI is InChI=1S/C16H14F2N2O/c17-14-8-11(6-7-19)4-5-15(14)21-10-13-3-1-2-12(9-20)16(13)18/h1-5,8H,6-7,10,19H2. The molecule has 0 aliphatic heterocycles. The fourth-order valence-electron chi connectivity index (χ4n) is 1.92. The first kappa shape index (κ1) is 14.9. The summed E-state index contributed by atoms with van der Waals surface area (Å²) in [6.07, 6.45) is 0.579. The molecule has 0 aliphatic carbocycles. The highest BCUT2D eigenvalue weighted by Crippen LogP contribution is 2.21. The molecule has 0 saturated heterocycles. The quantitative estimate of drug-likeness (QED) is 0.920. The minimum absolute atomic E-state index is 0.0394. The fourth-order valence-corrected chi connectivity index (χ4v) is 1.92. The lowest BCUT2D eigenvalue weighted by atomic mass is 10.1. The van der Waals surface area contributed by atoms with Crippen molar-refractivity contribution in [2.75, 3.05) is 6.54 Å². The van der Waals surface area contributed by atoms with Gasteiger partial charge in [0.15, 0.2) is 11.6 Å². The van der Waals surface area contributed by atoms with Gasteiger partial charge in [0.1, 0.15) is 18.5 Å². The Hall–Kier alpha value is -2.45. The molecule has 2 N–H and O–H groups in total. The second kappa shape index (κ2) is 6.82. The molecule has 0 heterocycles. The Balaban J connectivity index is 2.12. The normalized spacial score (nSPS) is 10.2. The third kappa shape index (κ3) is 3.56. The van der Waals surface area contributed by atoms with Gasteiger partial charge in [-0.3, -0.25) is 0 Å². The Morgan fingerprint density at radius 2 is 2.00 bits per heavy atom. The molecule has 0 aromatic heterocycles. The molecule has 0 amide bonds. The van der Waals surface area contributed by atoms with Gasteiger partial charge in [0.25, 0.3) is 0 Å². The molecule has 0 atom stereocenters. The highest BCUT2D eigenvalue weighted by Gasteiger charge is 2.10. The van der Waals surface area contributed by atoms with Gasteiger partial charge in [-0.15, -0.1) is 0 Å². The van der Waals surface area contributed by atoms with E-state index in [1.807, 2.05) is 0 Å². The largest absolute Gasteiger partial charge is 0.486 e. The van der Waals surface area contributed by atoms with E-state index in [1.165, 1.54) is 24.3 Å². The monoisotopic (exact) mass is 288 g/mol. The summed E-state index contributed by atoms with van der Waals surface area (Å²) >= 11 is 0. The summed E-state index contributed by atoms with van der Waals surface area (Å²) in [4.78, 5) is 0. The van der Waals surface area contributed by atoms with Gasteiger partial charge in [-0.05, 0) is 36.7 Å². The summed E-state index contributed by atoms with van der Waals surface area (Å²) in [7, 11) is 0. The predicted octanol–water partition coefficient (Wildman–Crippen LogP) is 2.92. The molecule has 2 rings (SSSR count). The summed E-state index contributed by atoms with van der Waals surface area (Å²) in [5.41, 5.74) is 6.33. The lowest BCUT2D eigenvalue weighted by molar-refractivity contribution is 0.284. The fraction of sp³-hybridized carbons (Fsp3) is 0.188. The van der Waals surface area contributed by atoms with E-state index < -0.39 is 11.6 Å². The number of hydrogen-bond donors (Lipinski definition) is 1. The van der Waals surface area contributed by atoms with Crippen molar-refractivity contribution < 1.29 is 13.5 Å². The molecule has 0 saturated carbocycles. The van der Waals surface area contributed by atoms with E-state index >= 15 is 0 Å². The van der Waals surface area contributed by atoms with Gasteiger partial charge in [0.05, 0.1) is 5.56 Å². The minimum atomic E-state index is -0.639. The Kier molecular flexibility index (Phi) is 4.85. The summed E-state index contributed by atoms with van der Waals surface area (Å²) < 4.78 is 32.9. The third-order valence-electron chi connectivity index (χ3n) is 3.01. The smallest absolute Gasteiger partial charge is 0.165 e. The Morgan fingerprint density at radius 1 is 1.19 bits per heavy atom. The van der Waals surface area contributed by atoms with Gasteiger partial charge in [-0.2, -0.15) is 5.26 Å². The first-order valence-corrected chi connectivity index (χ1v) is 6.44. The van der Waals surface area contributed by atoms with Crippen LogP contribution in [0, 0.1) is 23.0 Å². The summed E-state index contributed by atoms with van der Waals surface area (Å²) in [6.45, 7) is 0.292. The highest BCUT2D eigenvalue weighted by molar-refractivity contribution is 5.35. The zero-order valence-corrected chi connectivity index (χ0v) is 11.3. The lowest BCUT2D eigenvalue weighted by Gasteiger charge is -2.09.